The van der Waals surface area contributed by atoms with Crippen LogP contribution >= 0.6 is 0 Å². The molecule has 3 N–H and O–H groups in total. The van der Waals surface area contributed by atoms with E-state index in [0.717, 1.165) is 13.0 Å². The van der Waals surface area contributed by atoms with Gasteiger partial charge in [0.25, 0.3) is 0 Å². The molecule has 1 amide bonds. The number of hydrogen-bond donors (Lipinski definition) is 2. The maximum absolute atomic E-state index is 10.8. The van der Waals surface area contributed by atoms with Gasteiger partial charge in [-0.2, -0.15) is 0 Å². The van der Waals surface area contributed by atoms with Crippen molar-refractivity contribution >= 4 is 5.91 Å². The van der Waals surface area contributed by atoms with Crippen molar-refractivity contribution in [2.45, 2.75) is 12.5 Å². The van der Waals surface area contributed by atoms with E-state index in [0.29, 0.717) is 11.6 Å². The second kappa shape index (κ2) is 2.64. The minimum absolute atomic E-state index is 0.303. The third-order valence-corrected chi connectivity index (χ3v) is 2.16. The molecule has 64 valence electrons. The van der Waals surface area contributed by atoms with Crippen LogP contribution in [0.2, 0.25) is 0 Å². The van der Waals surface area contributed by atoms with Gasteiger partial charge in [0.2, 0.25) is 5.91 Å². The molecule has 0 radical (unpaired) electrons. The third-order valence-electron chi connectivity index (χ3n) is 2.16. The van der Waals surface area contributed by atoms with Gasteiger partial charge in [0.15, 0.2) is 0 Å². The van der Waals surface area contributed by atoms with Crippen LogP contribution in [-0.2, 0) is 4.79 Å². The van der Waals surface area contributed by atoms with Crippen molar-refractivity contribution in [2.24, 2.45) is 5.73 Å². The molecule has 2 aliphatic rings. The van der Waals surface area contributed by atoms with E-state index in [1.807, 2.05) is 17.3 Å². The molecule has 0 aromatic carbocycles. The number of rotatable bonds is 1. The van der Waals surface area contributed by atoms with Crippen LogP contribution in [-0.4, -0.2) is 23.5 Å². The maximum Gasteiger partial charge on any atom is 0.248 e. The molecule has 0 aromatic rings. The number of nitrogens with one attached hydrogen (secondary N) is 1. The Morgan fingerprint density at radius 1 is 1.75 bits per heavy atom. The van der Waals surface area contributed by atoms with Crippen LogP contribution in [0.3, 0.4) is 0 Å². The highest BCUT2D eigenvalue weighted by molar-refractivity contribution is 5.95. The summed E-state index contributed by atoms with van der Waals surface area (Å²) in [4.78, 5) is 10.8. The summed E-state index contributed by atoms with van der Waals surface area (Å²) in [6, 6.07) is 0.303. The molecular weight excluding hydrogens is 154 g/mol. The summed E-state index contributed by atoms with van der Waals surface area (Å²) in [5.74, 6) is -0.349. The van der Waals surface area contributed by atoms with Crippen molar-refractivity contribution in [1.82, 2.24) is 10.4 Å². The molecule has 0 aromatic heterocycles. The van der Waals surface area contributed by atoms with Crippen LogP contribution in [0.15, 0.2) is 23.9 Å². The molecule has 1 atom stereocenters. The summed E-state index contributed by atoms with van der Waals surface area (Å²) in [6.45, 7) is 0.956. The van der Waals surface area contributed by atoms with E-state index in [1.54, 1.807) is 6.08 Å². The summed E-state index contributed by atoms with van der Waals surface area (Å²) in [7, 11) is 0. The highest BCUT2D eigenvalue weighted by Crippen LogP contribution is 2.17. The molecule has 0 saturated carbocycles. The minimum atomic E-state index is -0.349. The van der Waals surface area contributed by atoms with Gasteiger partial charge >= 0.3 is 0 Å². The van der Waals surface area contributed by atoms with Crippen LogP contribution in [0.4, 0.5) is 0 Å². The van der Waals surface area contributed by atoms with Gasteiger partial charge in [-0.1, -0.05) is 0 Å². The standard InChI is InChI=1S/C8H11N3O/c9-8(12)6-2-4-11-7(5-6)1-3-10-11/h2,4-5,7,10H,1,3H2,(H2,9,12). The number of hydrogen-bond acceptors (Lipinski definition) is 3. The zero-order valence-corrected chi connectivity index (χ0v) is 6.66. The fourth-order valence-corrected chi connectivity index (χ4v) is 1.51. The Morgan fingerprint density at radius 3 is 3.33 bits per heavy atom. The van der Waals surface area contributed by atoms with Crippen molar-refractivity contribution in [1.29, 1.82) is 0 Å². The van der Waals surface area contributed by atoms with Crippen molar-refractivity contribution in [3.63, 3.8) is 0 Å². The van der Waals surface area contributed by atoms with E-state index < -0.39 is 0 Å². The van der Waals surface area contributed by atoms with Crippen molar-refractivity contribution < 1.29 is 4.79 Å². The Morgan fingerprint density at radius 2 is 2.58 bits per heavy atom. The summed E-state index contributed by atoms with van der Waals surface area (Å²) >= 11 is 0. The molecule has 2 heterocycles. The van der Waals surface area contributed by atoms with E-state index in [2.05, 4.69) is 5.43 Å². The molecular formula is C8H11N3O. The first-order valence-corrected chi connectivity index (χ1v) is 3.99. The second-order valence-electron chi connectivity index (χ2n) is 2.97. The zero-order valence-electron chi connectivity index (χ0n) is 6.66. The normalized spacial score (nSPS) is 26.8. The largest absolute Gasteiger partial charge is 0.366 e. The Kier molecular flexibility index (Phi) is 1.62. The Labute approximate surface area is 70.7 Å². The zero-order chi connectivity index (χ0) is 8.55. The quantitative estimate of drug-likeness (QED) is 0.551. The van der Waals surface area contributed by atoms with Gasteiger partial charge in [-0.3, -0.25) is 4.79 Å². The predicted octanol–water partition coefficient (Wildman–Crippen LogP) is -0.496. The average Bonchev–Trinajstić information content (AvgIpc) is 2.49. The summed E-state index contributed by atoms with van der Waals surface area (Å²) in [5.41, 5.74) is 8.93. The second-order valence-corrected chi connectivity index (χ2v) is 2.97. The van der Waals surface area contributed by atoms with Gasteiger partial charge in [-0.15, -0.1) is 0 Å². The lowest BCUT2D eigenvalue weighted by molar-refractivity contribution is -0.114. The fourth-order valence-electron chi connectivity index (χ4n) is 1.51. The van der Waals surface area contributed by atoms with Crippen LogP contribution in [0.5, 0.6) is 0 Å². The average molecular weight is 165 g/mol. The van der Waals surface area contributed by atoms with Gasteiger partial charge in [-0.25, -0.2) is 5.43 Å². The third kappa shape index (κ3) is 1.10. The van der Waals surface area contributed by atoms with Crippen LogP contribution in [0.1, 0.15) is 6.42 Å². The molecule has 2 rings (SSSR count). The molecule has 0 bridgehead atoms. The molecule has 1 unspecified atom stereocenters. The number of carbonyl (C=O) groups excluding carboxylic acids is 1. The summed E-state index contributed by atoms with van der Waals surface area (Å²) in [5, 5.41) is 1.99. The van der Waals surface area contributed by atoms with E-state index in [9.17, 15) is 4.79 Å². The van der Waals surface area contributed by atoms with Gasteiger partial charge < -0.3 is 10.7 Å². The Hall–Kier alpha value is -1.29. The SMILES string of the molecule is NC(=O)C1=CC2CCNN2C=C1. The number of hydrazine groups is 1. The topological polar surface area (TPSA) is 58.4 Å². The first kappa shape index (κ1) is 7.36. The van der Waals surface area contributed by atoms with Crippen LogP contribution in [0, 0.1) is 0 Å². The molecule has 1 saturated heterocycles. The molecule has 2 aliphatic heterocycles. The highest BCUT2D eigenvalue weighted by Gasteiger charge is 2.23. The predicted molar refractivity (Wildman–Crippen MR) is 44.7 cm³/mol. The van der Waals surface area contributed by atoms with Gasteiger partial charge in [0.05, 0.1) is 6.04 Å². The minimum Gasteiger partial charge on any atom is -0.366 e. The van der Waals surface area contributed by atoms with E-state index in [4.69, 9.17) is 5.73 Å². The number of nitrogens with two attached hydrogens (primary N) is 1. The van der Waals surface area contributed by atoms with Crippen molar-refractivity contribution in [3.8, 4) is 0 Å². The number of amides is 1. The lowest BCUT2D eigenvalue weighted by Gasteiger charge is -2.23. The highest BCUT2D eigenvalue weighted by atomic mass is 16.1. The van der Waals surface area contributed by atoms with Gasteiger partial charge in [0.1, 0.15) is 0 Å². The molecule has 1 fully saturated rings. The number of primary amides is 1. The van der Waals surface area contributed by atoms with E-state index in [1.165, 1.54) is 0 Å². The summed E-state index contributed by atoms with van der Waals surface area (Å²) in [6.07, 6.45) is 6.53. The van der Waals surface area contributed by atoms with Crippen molar-refractivity contribution in [2.75, 3.05) is 6.54 Å². The van der Waals surface area contributed by atoms with Crippen LogP contribution < -0.4 is 11.2 Å². The molecule has 4 nitrogen and oxygen atoms in total. The lowest BCUT2D eigenvalue weighted by Crippen LogP contribution is -2.33. The number of fused-ring (bicyclic) bond motifs is 1. The number of carbonyl (C=O) groups is 1. The van der Waals surface area contributed by atoms with E-state index >= 15 is 0 Å². The molecule has 0 aliphatic carbocycles. The van der Waals surface area contributed by atoms with E-state index in [-0.39, 0.29) is 5.91 Å². The van der Waals surface area contributed by atoms with Crippen molar-refractivity contribution in [3.05, 3.63) is 23.9 Å². The maximum atomic E-state index is 10.8. The number of nitrogens with zero attached hydrogens (tertiary/aromatic N) is 1. The monoisotopic (exact) mass is 165 g/mol. The summed E-state index contributed by atoms with van der Waals surface area (Å²) < 4.78 is 0. The Bertz CT molecular complexity index is 269. The lowest BCUT2D eigenvalue weighted by atomic mass is 10.1. The molecule has 0 spiro atoms. The Balaban J connectivity index is 2.20. The smallest absolute Gasteiger partial charge is 0.248 e. The molecule has 12 heavy (non-hydrogen) atoms. The first-order valence-electron chi connectivity index (χ1n) is 3.99. The first-order chi connectivity index (χ1) is 5.77. The van der Waals surface area contributed by atoms with Crippen LogP contribution in [0.25, 0.3) is 0 Å². The van der Waals surface area contributed by atoms with Gasteiger partial charge in [0, 0.05) is 18.3 Å². The fraction of sp³-hybridized carbons (Fsp3) is 0.375. The van der Waals surface area contributed by atoms with Gasteiger partial charge in [-0.05, 0) is 18.6 Å². The molecule has 4 heteroatoms.